The highest BCUT2D eigenvalue weighted by Gasteiger charge is 2.24. The van der Waals surface area contributed by atoms with Crippen molar-refractivity contribution in [3.8, 4) is 0 Å². The number of nitrogens with one attached hydrogen (secondary N) is 2. The zero-order chi connectivity index (χ0) is 21.8. The minimum absolute atomic E-state index is 0.853. The Morgan fingerprint density at radius 1 is 1.03 bits per heavy atom. The molecule has 31 heavy (non-hydrogen) atoms. The zero-order valence-corrected chi connectivity index (χ0v) is 21.1. The number of nitrogens with zero attached hydrogens (tertiary/aromatic N) is 3. The third-order valence-electron chi connectivity index (χ3n) is 6.55. The third-order valence-corrected chi connectivity index (χ3v) is 8.18. The molecular formula is C24H36N5S2+. The molecule has 0 unspecified atom stereocenters. The summed E-state index contributed by atoms with van der Waals surface area (Å²) in [7, 11) is 0. The van der Waals surface area contributed by atoms with Crippen LogP contribution in [0.1, 0.15) is 63.3 Å². The molecule has 3 aromatic rings. The first-order chi connectivity index (χ1) is 15.2. The number of thioether (sulfide) groups is 1. The Labute approximate surface area is 194 Å². The SMILES string of the molecule is CCCCc1nc2sc3c(NCCC[NH+](CC)CC)nc(SC)nc3c2c2c1CCC2. The van der Waals surface area contributed by atoms with Crippen molar-refractivity contribution < 1.29 is 4.90 Å². The van der Waals surface area contributed by atoms with E-state index in [1.165, 1.54) is 72.2 Å². The van der Waals surface area contributed by atoms with Crippen LogP contribution >= 0.6 is 23.1 Å². The van der Waals surface area contributed by atoms with Crippen LogP contribution in [0, 0.1) is 0 Å². The molecule has 1 aliphatic carbocycles. The predicted molar refractivity (Wildman–Crippen MR) is 135 cm³/mol. The molecule has 4 rings (SSSR count). The van der Waals surface area contributed by atoms with E-state index in [4.69, 9.17) is 15.0 Å². The summed E-state index contributed by atoms with van der Waals surface area (Å²) in [5.74, 6) is 0.994. The van der Waals surface area contributed by atoms with Crippen molar-refractivity contribution in [3.05, 3.63) is 16.8 Å². The second-order valence-corrected chi connectivity index (χ2v) is 10.3. The van der Waals surface area contributed by atoms with Crippen LogP contribution in [-0.4, -0.2) is 47.4 Å². The van der Waals surface area contributed by atoms with E-state index in [-0.39, 0.29) is 0 Å². The van der Waals surface area contributed by atoms with Gasteiger partial charge in [0.05, 0.1) is 29.9 Å². The molecule has 0 radical (unpaired) electrons. The Morgan fingerprint density at radius 3 is 2.58 bits per heavy atom. The first-order valence-electron chi connectivity index (χ1n) is 12.0. The number of aromatic nitrogens is 3. The fourth-order valence-electron chi connectivity index (χ4n) is 4.73. The quantitative estimate of drug-likeness (QED) is 0.251. The van der Waals surface area contributed by atoms with Crippen molar-refractivity contribution in [2.45, 2.75) is 70.9 Å². The number of quaternary nitrogens is 1. The molecule has 0 aliphatic heterocycles. The van der Waals surface area contributed by atoms with E-state index in [0.717, 1.165) is 47.1 Å². The van der Waals surface area contributed by atoms with Crippen molar-refractivity contribution in [2.75, 3.05) is 37.8 Å². The van der Waals surface area contributed by atoms with Crippen LogP contribution in [0.2, 0.25) is 0 Å². The van der Waals surface area contributed by atoms with Gasteiger partial charge in [-0.2, -0.15) is 0 Å². The van der Waals surface area contributed by atoms with Gasteiger partial charge in [0.15, 0.2) is 5.16 Å². The zero-order valence-electron chi connectivity index (χ0n) is 19.4. The number of anilines is 1. The summed E-state index contributed by atoms with van der Waals surface area (Å²) in [5, 5.41) is 5.81. The van der Waals surface area contributed by atoms with Gasteiger partial charge in [0, 0.05) is 24.0 Å². The molecular weight excluding hydrogens is 422 g/mol. The van der Waals surface area contributed by atoms with Gasteiger partial charge in [-0.25, -0.2) is 15.0 Å². The van der Waals surface area contributed by atoms with E-state index in [9.17, 15) is 0 Å². The summed E-state index contributed by atoms with van der Waals surface area (Å²) >= 11 is 3.41. The molecule has 2 N–H and O–H groups in total. The van der Waals surface area contributed by atoms with E-state index in [0.29, 0.717) is 0 Å². The van der Waals surface area contributed by atoms with Crippen LogP contribution < -0.4 is 10.2 Å². The Kier molecular flexibility index (Phi) is 7.67. The number of aryl methyl sites for hydroxylation is 2. The molecule has 1 aliphatic rings. The molecule has 0 bridgehead atoms. The average Bonchev–Trinajstić information content (AvgIpc) is 3.41. The molecule has 0 spiro atoms. The van der Waals surface area contributed by atoms with E-state index in [2.05, 4.69) is 32.3 Å². The molecule has 168 valence electrons. The van der Waals surface area contributed by atoms with Gasteiger partial charge < -0.3 is 10.2 Å². The minimum Gasteiger partial charge on any atom is -0.369 e. The van der Waals surface area contributed by atoms with Crippen LogP contribution in [0.5, 0.6) is 0 Å². The molecule has 0 aromatic carbocycles. The summed E-state index contributed by atoms with van der Waals surface area (Å²) < 4.78 is 1.18. The molecule has 3 heterocycles. The van der Waals surface area contributed by atoms with Crippen LogP contribution in [-0.2, 0) is 19.3 Å². The van der Waals surface area contributed by atoms with Gasteiger partial charge >= 0.3 is 0 Å². The molecule has 0 saturated carbocycles. The molecule has 0 saturated heterocycles. The average molecular weight is 459 g/mol. The van der Waals surface area contributed by atoms with Gasteiger partial charge in [0.2, 0.25) is 0 Å². The Morgan fingerprint density at radius 2 is 1.84 bits per heavy atom. The van der Waals surface area contributed by atoms with Gasteiger partial charge in [0.1, 0.15) is 10.6 Å². The second-order valence-electron chi connectivity index (χ2n) is 8.48. The standard InChI is InChI=1S/C24H35N5S2/c1-5-8-13-18-16-11-9-12-17(16)19-20-21(31-23(19)26-18)22(28-24(27-20)30-4)25-14-10-15-29(6-2)7-3/h5-15H2,1-4H3,(H,25,27,28)/p+1. The van der Waals surface area contributed by atoms with Crippen LogP contribution in [0.25, 0.3) is 20.4 Å². The lowest BCUT2D eigenvalue weighted by Gasteiger charge is -2.15. The lowest BCUT2D eigenvalue weighted by Crippen LogP contribution is -3.11. The van der Waals surface area contributed by atoms with Crippen molar-refractivity contribution in [3.63, 3.8) is 0 Å². The number of unbranched alkanes of at least 4 members (excludes halogenated alkanes) is 1. The maximum Gasteiger partial charge on any atom is 0.189 e. The number of fused-ring (bicyclic) bond motifs is 5. The molecule has 0 amide bonds. The number of pyridine rings is 1. The lowest BCUT2D eigenvalue weighted by molar-refractivity contribution is -0.896. The summed E-state index contributed by atoms with van der Waals surface area (Å²) in [6.07, 6.45) is 10.3. The van der Waals surface area contributed by atoms with Gasteiger partial charge in [-0.15, -0.1) is 11.3 Å². The van der Waals surface area contributed by atoms with E-state index in [1.807, 2.05) is 0 Å². The number of rotatable bonds is 11. The molecule has 0 atom stereocenters. The first kappa shape index (κ1) is 22.7. The monoisotopic (exact) mass is 458 g/mol. The maximum absolute atomic E-state index is 5.17. The van der Waals surface area contributed by atoms with Crippen LogP contribution in [0.15, 0.2) is 5.16 Å². The van der Waals surface area contributed by atoms with Crippen LogP contribution in [0.3, 0.4) is 0 Å². The van der Waals surface area contributed by atoms with E-state index < -0.39 is 0 Å². The van der Waals surface area contributed by atoms with E-state index in [1.54, 1.807) is 28.0 Å². The second kappa shape index (κ2) is 10.5. The Bertz CT molecular complexity index is 1040. The van der Waals surface area contributed by atoms with Gasteiger partial charge in [-0.05, 0) is 63.3 Å². The highest BCUT2D eigenvalue weighted by atomic mass is 32.2. The maximum atomic E-state index is 5.17. The Hall–Kier alpha value is -1.44. The number of hydrogen-bond acceptors (Lipinski definition) is 6. The normalized spacial score (nSPS) is 13.6. The lowest BCUT2D eigenvalue weighted by atomic mass is 10.0. The van der Waals surface area contributed by atoms with Crippen molar-refractivity contribution in [1.82, 2.24) is 15.0 Å². The predicted octanol–water partition coefficient (Wildman–Crippen LogP) is 4.52. The molecule has 7 heteroatoms. The summed E-state index contributed by atoms with van der Waals surface area (Å²) in [6, 6.07) is 0. The van der Waals surface area contributed by atoms with Gasteiger partial charge in [0.25, 0.3) is 0 Å². The van der Waals surface area contributed by atoms with Crippen LogP contribution in [0.4, 0.5) is 5.82 Å². The highest BCUT2D eigenvalue weighted by molar-refractivity contribution is 7.98. The summed E-state index contributed by atoms with van der Waals surface area (Å²) in [6.45, 7) is 11.3. The smallest absolute Gasteiger partial charge is 0.189 e. The summed E-state index contributed by atoms with van der Waals surface area (Å²) in [5.41, 5.74) is 5.48. The highest BCUT2D eigenvalue weighted by Crippen LogP contribution is 2.42. The first-order valence-corrected chi connectivity index (χ1v) is 14.0. The van der Waals surface area contributed by atoms with Gasteiger partial charge in [-0.3, -0.25) is 0 Å². The molecule has 5 nitrogen and oxygen atoms in total. The molecule has 3 aromatic heterocycles. The van der Waals surface area contributed by atoms with E-state index >= 15 is 0 Å². The third kappa shape index (κ3) is 4.69. The fourth-order valence-corrected chi connectivity index (χ4v) is 6.23. The largest absolute Gasteiger partial charge is 0.369 e. The van der Waals surface area contributed by atoms with Crippen molar-refractivity contribution in [1.29, 1.82) is 0 Å². The summed E-state index contributed by atoms with van der Waals surface area (Å²) in [4.78, 5) is 17.8. The van der Waals surface area contributed by atoms with Crippen molar-refractivity contribution in [2.24, 2.45) is 0 Å². The fraction of sp³-hybridized carbons (Fsp3) is 0.625. The molecule has 0 fully saturated rings. The Balaban J connectivity index is 1.71. The topological polar surface area (TPSA) is 55.1 Å². The minimum atomic E-state index is 0.853. The van der Waals surface area contributed by atoms with Gasteiger partial charge in [-0.1, -0.05) is 25.1 Å². The number of hydrogen-bond donors (Lipinski definition) is 2. The van der Waals surface area contributed by atoms with Crippen molar-refractivity contribution >= 4 is 49.3 Å². The number of thiophene rings is 1.